The highest BCUT2D eigenvalue weighted by atomic mass is 14.9. The molecule has 0 unspecified atom stereocenters. The summed E-state index contributed by atoms with van der Waals surface area (Å²) in [6.45, 7) is 4.97. The van der Waals surface area contributed by atoms with Gasteiger partial charge in [0.15, 0.2) is 0 Å². The van der Waals surface area contributed by atoms with Crippen LogP contribution in [0.3, 0.4) is 0 Å². The number of nitrogens with zero attached hydrogens (tertiary/aromatic N) is 1. The number of hydrogen-bond donors (Lipinski definition) is 2. The Labute approximate surface area is 102 Å². The van der Waals surface area contributed by atoms with E-state index in [2.05, 4.69) is 35.9 Å². The van der Waals surface area contributed by atoms with Crippen molar-refractivity contribution in [1.82, 2.24) is 9.97 Å². The zero-order chi connectivity index (χ0) is 12.3. The van der Waals surface area contributed by atoms with Crippen LogP contribution in [0.1, 0.15) is 31.3 Å². The number of H-pyrrole nitrogens is 1. The van der Waals surface area contributed by atoms with E-state index in [1.807, 2.05) is 18.2 Å². The number of hydrogen-bond acceptors (Lipinski definition) is 2. The van der Waals surface area contributed by atoms with E-state index in [-0.39, 0.29) is 0 Å². The predicted molar refractivity (Wildman–Crippen MR) is 70.9 cm³/mol. The molecule has 0 atom stereocenters. The van der Waals surface area contributed by atoms with Gasteiger partial charge in [-0.15, -0.1) is 0 Å². The van der Waals surface area contributed by atoms with Crippen molar-refractivity contribution >= 4 is 0 Å². The topological polar surface area (TPSA) is 54.7 Å². The average molecular weight is 229 g/mol. The van der Waals surface area contributed by atoms with Crippen LogP contribution in [0.4, 0.5) is 0 Å². The fourth-order valence-electron chi connectivity index (χ4n) is 1.93. The lowest BCUT2D eigenvalue weighted by atomic mass is 10.0. The first-order valence-corrected chi connectivity index (χ1v) is 6.06. The quantitative estimate of drug-likeness (QED) is 0.847. The second-order valence-corrected chi connectivity index (χ2v) is 4.51. The van der Waals surface area contributed by atoms with Crippen LogP contribution in [0.2, 0.25) is 0 Å². The summed E-state index contributed by atoms with van der Waals surface area (Å²) in [6, 6.07) is 10.3. The van der Waals surface area contributed by atoms with Gasteiger partial charge in [0, 0.05) is 17.7 Å². The van der Waals surface area contributed by atoms with Gasteiger partial charge in [-0.1, -0.05) is 44.2 Å². The lowest BCUT2D eigenvalue weighted by Gasteiger charge is -2.05. The van der Waals surface area contributed by atoms with Crippen molar-refractivity contribution in [2.45, 2.75) is 26.2 Å². The van der Waals surface area contributed by atoms with Crippen LogP contribution < -0.4 is 5.73 Å². The van der Waals surface area contributed by atoms with Crippen LogP contribution in [0, 0.1) is 0 Å². The summed E-state index contributed by atoms with van der Waals surface area (Å²) >= 11 is 0. The number of aromatic amines is 1. The molecule has 0 fully saturated rings. The van der Waals surface area contributed by atoms with E-state index in [9.17, 15) is 0 Å². The van der Waals surface area contributed by atoms with Crippen LogP contribution in [0.5, 0.6) is 0 Å². The van der Waals surface area contributed by atoms with E-state index in [0.717, 1.165) is 23.5 Å². The first kappa shape index (κ1) is 11.9. The van der Waals surface area contributed by atoms with Crippen molar-refractivity contribution in [3.05, 3.63) is 41.9 Å². The number of nitrogens with two attached hydrogens (primary N) is 1. The summed E-state index contributed by atoms with van der Waals surface area (Å²) in [5.74, 6) is 1.42. The van der Waals surface area contributed by atoms with E-state index in [1.165, 1.54) is 5.69 Å². The standard InChI is InChI=1S/C14H19N3/c1-10(2)13-14(11-6-4-3-5-7-11)17-12(16-13)8-9-15/h3-7,10H,8-9,15H2,1-2H3,(H,16,17). The summed E-state index contributed by atoms with van der Waals surface area (Å²) in [7, 11) is 0. The Morgan fingerprint density at radius 2 is 1.94 bits per heavy atom. The largest absolute Gasteiger partial charge is 0.345 e. The highest BCUT2D eigenvalue weighted by molar-refractivity contribution is 5.62. The molecule has 2 rings (SSSR count). The van der Waals surface area contributed by atoms with Gasteiger partial charge in [0.2, 0.25) is 0 Å². The Balaban J connectivity index is 2.44. The summed E-state index contributed by atoms with van der Waals surface area (Å²) in [5, 5.41) is 0. The first-order chi connectivity index (χ1) is 8.22. The van der Waals surface area contributed by atoms with E-state index in [4.69, 9.17) is 5.73 Å². The minimum atomic E-state index is 0.434. The molecule has 17 heavy (non-hydrogen) atoms. The highest BCUT2D eigenvalue weighted by Gasteiger charge is 2.14. The highest BCUT2D eigenvalue weighted by Crippen LogP contribution is 2.26. The third-order valence-electron chi connectivity index (χ3n) is 2.79. The Morgan fingerprint density at radius 1 is 1.24 bits per heavy atom. The number of rotatable bonds is 4. The van der Waals surface area contributed by atoms with Crippen molar-refractivity contribution < 1.29 is 0 Å². The van der Waals surface area contributed by atoms with Gasteiger partial charge in [0.05, 0.1) is 5.69 Å². The molecule has 0 saturated carbocycles. The third-order valence-corrected chi connectivity index (χ3v) is 2.79. The van der Waals surface area contributed by atoms with Crippen molar-refractivity contribution in [2.24, 2.45) is 5.73 Å². The van der Waals surface area contributed by atoms with E-state index in [1.54, 1.807) is 0 Å². The molecule has 0 saturated heterocycles. The maximum absolute atomic E-state index is 5.57. The van der Waals surface area contributed by atoms with Gasteiger partial charge < -0.3 is 10.7 Å². The molecule has 1 heterocycles. The van der Waals surface area contributed by atoms with Gasteiger partial charge in [-0.05, 0) is 12.5 Å². The number of nitrogens with one attached hydrogen (secondary N) is 1. The summed E-state index contributed by atoms with van der Waals surface area (Å²) in [5.41, 5.74) is 8.99. The first-order valence-electron chi connectivity index (χ1n) is 6.06. The molecule has 0 aliphatic rings. The van der Waals surface area contributed by atoms with Crippen molar-refractivity contribution in [3.63, 3.8) is 0 Å². The Kier molecular flexibility index (Phi) is 3.59. The lowest BCUT2D eigenvalue weighted by molar-refractivity contribution is 0.816. The number of benzene rings is 1. The van der Waals surface area contributed by atoms with Crippen LogP contribution in [-0.4, -0.2) is 16.5 Å². The number of aromatic nitrogens is 2. The number of imidazole rings is 1. The fraction of sp³-hybridized carbons (Fsp3) is 0.357. The maximum atomic E-state index is 5.57. The molecule has 0 aliphatic carbocycles. The molecule has 0 amide bonds. The SMILES string of the molecule is CC(C)c1[nH]c(CCN)nc1-c1ccccc1. The zero-order valence-corrected chi connectivity index (χ0v) is 10.4. The van der Waals surface area contributed by atoms with Crippen LogP contribution >= 0.6 is 0 Å². The van der Waals surface area contributed by atoms with Gasteiger partial charge >= 0.3 is 0 Å². The van der Waals surface area contributed by atoms with Gasteiger partial charge in [0.1, 0.15) is 5.82 Å². The maximum Gasteiger partial charge on any atom is 0.108 e. The molecule has 0 spiro atoms. The van der Waals surface area contributed by atoms with Crippen molar-refractivity contribution in [1.29, 1.82) is 0 Å². The Bertz CT molecular complexity index is 471. The molecule has 1 aromatic carbocycles. The van der Waals surface area contributed by atoms with Crippen molar-refractivity contribution in [3.8, 4) is 11.3 Å². The minimum absolute atomic E-state index is 0.434. The summed E-state index contributed by atoms with van der Waals surface area (Å²) < 4.78 is 0. The Hall–Kier alpha value is -1.61. The molecular formula is C14H19N3. The molecule has 90 valence electrons. The average Bonchev–Trinajstić information content (AvgIpc) is 2.75. The van der Waals surface area contributed by atoms with E-state index in [0.29, 0.717) is 12.5 Å². The summed E-state index contributed by atoms with van der Waals surface area (Å²) in [4.78, 5) is 8.05. The van der Waals surface area contributed by atoms with E-state index >= 15 is 0 Å². The molecule has 0 radical (unpaired) electrons. The fourth-order valence-corrected chi connectivity index (χ4v) is 1.93. The van der Waals surface area contributed by atoms with Gasteiger partial charge in [-0.3, -0.25) is 0 Å². The second-order valence-electron chi connectivity index (χ2n) is 4.51. The van der Waals surface area contributed by atoms with Crippen LogP contribution in [0.15, 0.2) is 30.3 Å². The smallest absolute Gasteiger partial charge is 0.108 e. The monoisotopic (exact) mass is 229 g/mol. The summed E-state index contributed by atoms with van der Waals surface area (Å²) in [6.07, 6.45) is 0.798. The van der Waals surface area contributed by atoms with Crippen LogP contribution in [-0.2, 0) is 6.42 Å². The molecule has 1 aromatic heterocycles. The lowest BCUT2D eigenvalue weighted by Crippen LogP contribution is -2.04. The molecule has 3 nitrogen and oxygen atoms in total. The van der Waals surface area contributed by atoms with Crippen LogP contribution in [0.25, 0.3) is 11.3 Å². The molecule has 0 aliphatic heterocycles. The molecule has 3 heteroatoms. The third kappa shape index (κ3) is 2.56. The predicted octanol–water partition coefficient (Wildman–Crippen LogP) is 2.70. The normalized spacial score (nSPS) is 11.1. The molecule has 2 aromatic rings. The minimum Gasteiger partial charge on any atom is -0.345 e. The van der Waals surface area contributed by atoms with Gasteiger partial charge in [-0.25, -0.2) is 4.98 Å². The van der Waals surface area contributed by atoms with Gasteiger partial charge in [0.25, 0.3) is 0 Å². The second kappa shape index (κ2) is 5.15. The molecule has 0 bridgehead atoms. The van der Waals surface area contributed by atoms with Gasteiger partial charge in [-0.2, -0.15) is 0 Å². The van der Waals surface area contributed by atoms with E-state index < -0.39 is 0 Å². The molecule has 3 N–H and O–H groups in total. The molecular weight excluding hydrogens is 210 g/mol. The zero-order valence-electron chi connectivity index (χ0n) is 10.4. The van der Waals surface area contributed by atoms with Crippen molar-refractivity contribution in [2.75, 3.05) is 6.54 Å². The Morgan fingerprint density at radius 3 is 2.53 bits per heavy atom.